The number of sulfonamides is 1. The molecule has 1 atom stereocenters. The Labute approximate surface area is 116 Å². The van der Waals surface area contributed by atoms with Gasteiger partial charge in [-0.25, -0.2) is 27.5 Å². The summed E-state index contributed by atoms with van der Waals surface area (Å²) in [6.07, 6.45) is 5.29. The van der Waals surface area contributed by atoms with Crippen molar-refractivity contribution in [3.05, 3.63) is 18.1 Å². The van der Waals surface area contributed by atoms with E-state index in [1.807, 2.05) is 0 Å². The number of carboxylic acids is 1. The van der Waals surface area contributed by atoms with Crippen LogP contribution in [0.25, 0.3) is 0 Å². The Morgan fingerprint density at radius 3 is 2.75 bits per heavy atom. The van der Waals surface area contributed by atoms with Gasteiger partial charge < -0.3 is 10.4 Å². The molecule has 0 aliphatic carbocycles. The van der Waals surface area contributed by atoms with Crippen LogP contribution in [-0.4, -0.2) is 59.2 Å². The van der Waals surface area contributed by atoms with Crippen LogP contribution in [0.1, 0.15) is 23.3 Å². The van der Waals surface area contributed by atoms with E-state index in [9.17, 15) is 13.2 Å². The second-order valence-electron chi connectivity index (χ2n) is 4.70. The molecule has 2 heterocycles. The van der Waals surface area contributed by atoms with Gasteiger partial charge >= 0.3 is 5.97 Å². The molecule has 0 spiro atoms. The molecule has 1 aromatic rings. The first-order valence-corrected chi connectivity index (χ1v) is 7.98. The summed E-state index contributed by atoms with van der Waals surface area (Å²) in [5.74, 6) is -0.694. The average molecular weight is 300 g/mol. The van der Waals surface area contributed by atoms with Crippen molar-refractivity contribution in [2.45, 2.75) is 18.9 Å². The molecule has 1 unspecified atom stereocenters. The van der Waals surface area contributed by atoms with Gasteiger partial charge in [-0.05, 0) is 12.8 Å². The van der Waals surface area contributed by atoms with Gasteiger partial charge in [-0.2, -0.15) is 0 Å². The number of nitrogens with one attached hydrogen (secondary N) is 1. The lowest BCUT2D eigenvalue weighted by Gasteiger charge is -2.31. The van der Waals surface area contributed by atoms with Crippen molar-refractivity contribution < 1.29 is 18.3 Å². The van der Waals surface area contributed by atoms with Crippen molar-refractivity contribution in [1.82, 2.24) is 14.3 Å². The fraction of sp³-hybridized carbons (Fsp3) is 0.545. The van der Waals surface area contributed by atoms with Gasteiger partial charge in [-0.15, -0.1) is 0 Å². The van der Waals surface area contributed by atoms with Crippen LogP contribution < -0.4 is 5.32 Å². The molecule has 8 nitrogen and oxygen atoms in total. The second-order valence-corrected chi connectivity index (χ2v) is 6.68. The lowest BCUT2D eigenvalue weighted by Crippen LogP contribution is -2.44. The number of hydrogen-bond donors (Lipinski definition) is 2. The van der Waals surface area contributed by atoms with Crippen LogP contribution in [0.4, 0.5) is 5.82 Å². The lowest BCUT2D eigenvalue weighted by molar-refractivity contribution is 0.0690. The number of carbonyl (C=O) groups is 1. The SMILES string of the molecule is CS(=O)(=O)N1CCCC(Nc2cnc(C(=O)O)cn2)C1. The van der Waals surface area contributed by atoms with Crippen molar-refractivity contribution >= 4 is 21.8 Å². The van der Waals surface area contributed by atoms with Gasteiger partial charge in [0.25, 0.3) is 0 Å². The van der Waals surface area contributed by atoms with E-state index in [-0.39, 0.29) is 11.7 Å². The van der Waals surface area contributed by atoms with Crippen molar-refractivity contribution in [2.75, 3.05) is 24.7 Å². The second kappa shape index (κ2) is 5.71. The molecule has 110 valence electrons. The lowest BCUT2D eigenvalue weighted by atomic mass is 10.1. The molecule has 0 radical (unpaired) electrons. The molecule has 9 heteroatoms. The maximum absolute atomic E-state index is 11.5. The van der Waals surface area contributed by atoms with Crippen molar-refractivity contribution in [3.63, 3.8) is 0 Å². The van der Waals surface area contributed by atoms with Crippen molar-refractivity contribution in [3.8, 4) is 0 Å². The van der Waals surface area contributed by atoms with Gasteiger partial charge in [0.15, 0.2) is 5.69 Å². The fourth-order valence-electron chi connectivity index (χ4n) is 2.08. The molecule has 1 aliphatic heterocycles. The summed E-state index contributed by atoms with van der Waals surface area (Å²) in [5, 5.41) is 11.8. The Bertz CT molecular complexity index is 587. The predicted molar refractivity (Wildman–Crippen MR) is 72.1 cm³/mol. The summed E-state index contributed by atoms with van der Waals surface area (Å²) < 4.78 is 24.4. The minimum Gasteiger partial charge on any atom is -0.476 e. The van der Waals surface area contributed by atoms with E-state index in [1.165, 1.54) is 23.0 Å². The Morgan fingerprint density at radius 2 is 2.20 bits per heavy atom. The maximum Gasteiger partial charge on any atom is 0.356 e. The van der Waals surface area contributed by atoms with E-state index < -0.39 is 16.0 Å². The van der Waals surface area contributed by atoms with E-state index in [1.54, 1.807) is 0 Å². The fourth-order valence-corrected chi connectivity index (χ4v) is 3.00. The Kier molecular flexibility index (Phi) is 4.19. The van der Waals surface area contributed by atoms with Crippen LogP contribution in [0.15, 0.2) is 12.4 Å². The topological polar surface area (TPSA) is 112 Å². The van der Waals surface area contributed by atoms with Crippen molar-refractivity contribution in [1.29, 1.82) is 0 Å². The molecule has 0 saturated carbocycles. The third kappa shape index (κ3) is 3.64. The van der Waals surface area contributed by atoms with E-state index in [2.05, 4.69) is 15.3 Å². The Balaban J connectivity index is 2.01. The molecule has 0 bridgehead atoms. The zero-order valence-electron chi connectivity index (χ0n) is 11.0. The number of rotatable bonds is 4. The van der Waals surface area contributed by atoms with Crippen LogP contribution in [0.5, 0.6) is 0 Å². The molecule has 0 aromatic carbocycles. The van der Waals surface area contributed by atoms with Crippen LogP contribution in [0.3, 0.4) is 0 Å². The highest BCUT2D eigenvalue weighted by molar-refractivity contribution is 7.88. The van der Waals surface area contributed by atoms with Crippen LogP contribution in [0.2, 0.25) is 0 Å². The first kappa shape index (κ1) is 14.7. The van der Waals surface area contributed by atoms with Crippen molar-refractivity contribution in [2.24, 2.45) is 0 Å². The molecule has 2 N–H and O–H groups in total. The summed E-state index contributed by atoms with van der Waals surface area (Å²) in [6, 6.07) is -0.0524. The van der Waals surface area contributed by atoms with Gasteiger partial charge in [0.1, 0.15) is 5.82 Å². The van der Waals surface area contributed by atoms with Gasteiger partial charge in [-0.3, -0.25) is 0 Å². The molecule has 2 rings (SSSR count). The molecule has 0 amide bonds. The van der Waals surface area contributed by atoms with Gasteiger partial charge in [0.2, 0.25) is 10.0 Å². The molecule has 1 aliphatic rings. The molecule has 1 fully saturated rings. The number of aromatic nitrogens is 2. The van der Waals surface area contributed by atoms with E-state index in [0.29, 0.717) is 18.9 Å². The standard InChI is InChI=1S/C11H16N4O4S/c1-20(18,19)15-4-2-3-8(7-15)14-10-6-12-9(5-13-10)11(16)17/h5-6,8H,2-4,7H2,1H3,(H,13,14)(H,16,17). The molecule has 1 saturated heterocycles. The van der Waals surface area contributed by atoms with E-state index in [4.69, 9.17) is 5.11 Å². The number of carboxylic acid groups (broad SMARTS) is 1. The molecular formula is C11H16N4O4S. The number of nitrogens with zero attached hydrogens (tertiary/aromatic N) is 3. The first-order chi connectivity index (χ1) is 9.36. The Morgan fingerprint density at radius 1 is 1.45 bits per heavy atom. The largest absolute Gasteiger partial charge is 0.476 e. The normalized spacial score (nSPS) is 20.6. The van der Waals surface area contributed by atoms with Crippen LogP contribution in [-0.2, 0) is 10.0 Å². The molecule has 1 aromatic heterocycles. The van der Waals surface area contributed by atoms with E-state index in [0.717, 1.165) is 12.8 Å². The monoisotopic (exact) mass is 300 g/mol. The number of hydrogen-bond acceptors (Lipinski definition) is 6. The third-order valence-corrected chi connectivity index (χ3v) is 4.35. The summed E-state index contributed by atoms with van der Waals surface area (Å²) in [4.78, 5) is 18.4. The highest BCUT2D eigenvalue weighted by Crippen LogP contribution is 2.16. The smallest absolute Gasteiger partial charge is 0.356 e. The quantitative estimate of drug-likeness (QED) is 0.805. The van der Waals surface area contributed by atoms with Gasteiger partial charge in [0.05, 0.1) is 18.6 Å². The van der Waals surface area contributed by atoms with Gasteiger partial charge in [-0.1, -0.05) is 0 Å². The summed E-state index contributed by atoms with van der Waals surface area (Å²) in [6.45, 7) is 0.905. The minimum atomic E-state index is -3.19. The average Bonchev–Trinajstić information content (AvgIpc) is 2.38. The van der Waals surface area contributed by atoms with Crippen LogP contribution in [0, 0.1) is 0 Å². The molecule has 20 heavy (non-hydrogen) atoms. The van der Waals surface area contributed by atoms with E-state index >= 15 is 0 Å². The number of aromatic carboxylic acids is 1. The van der Waals surface area contributed by atoms with Gasteiger partial charge in [0, 0.05) is 19.1 Å². The summed E-state index contributed by atoms with van der Waals surface area (Å²) in [7, 11) is -3.19. The minimum absolute atomic E-state index is 0.0524. The maximum atomic E-state index is 11.5. The predicted octanol–water partition coefficient (Wildman–Crippen LogP) is 0.0107. The summed E-state index contributed by atoms with van der Waals surface area (Å²) in [5.41, 5.74) is -0.128. The first-order valence-electron chi connectivity index (χ1n) is 6.13. The highest BCUT2D eigenvalue weighted by Gasteiger charge is 2.25. The summed E-state index contributed by atoms with van der Waals surface area (Å²) >= 11 is 0. The zero-order chi connectivity index (χ0) is 14.8. The zero-order valence-corrected chi connectivity index (χ0v) is 11.8. The third-order valence-electron chi connectivity index (χ3n) is 3.08. The highest BCUT2D eigenvalue weighted by atomic mass is 32.2. The molecular weight excluding hydrogens is 284 g/mol. The van der Waals surface area contributed by atoms with Crippen LogP contribution >= 0.6 is 0 Å². The Hall–Kier alpha value is -1.74. The number of piperidine rings is 1. The number of anilines is 1.